The monoisotopic (exact) mass is 305 g/mol. The Balaban J connectivity index is 2.26. The molecule has 4 heteroatoms. The van der Waals surface area contributed by atoms with E-state index in [0.717, 1.165) is 45.4 Å². The van der Waals surface area contributed by atoms with Crippen molar-refractivity contribution in [1.82, 2.24) is 5.32 Å². The second kappa shape index (κ2) is 8.09. The summed E-state index contributed by atoms with van der Waals surface area (Å²) < 4.78 is 5.26. The first-order chi connectivity index (χ1) is 8.19. The van der Waals surface area contributed by atoms with Gasteiger partial charge in [-0.2, -0.15) is 0 Å². The van der Waals surface area contributed by atoms with Crippen LogP contribution in [0.1, 0.15) is 39.5 Å². The van der Waals surface area contributed by atoms with Crippen LogP contribution in [0.25, 0.3) is 0 Å². The summed E-state index contributed by atoms with van der Waals surface area (Å²) in [5.41, 5.74) is 0. The van der Waals surface area contributed by atoms with E-state index in [1.165, 1.54) is 0 Å². The molecule has 0 aromatic rings. The van der Waals surface area contributed by atoms with Gasteiger partial charge < -0.3 is 10.1 Å². The van der Waals surface area contributed by atoms with Crippen LogP contribution in [-0.2, 0) is 9.53 Å². The first kappa shape index (κ1) is 15.0. The molecule has 0 radical (unpaired) electrons. The molecule has 0 bridgehead atoms. The van der Waals surface area contributed by atoms with E-state index < -0.39 is 0 Å². The predicted molar refractivity (Wildman–Crippen MR) is 73.3 cm³/mol. The van der Waals surface area contributed by atoms with Crippen molar-refractivity contribution in [2.45, 2.75) is 44.4 Å². The average molecular weight is 306 g/mol. The van der Waals surface area contributed by atoms with E-state index in [1.54, 1.807) is 0 Å². The average Bonchev–Trinajstić information content (AvgIpc) is 2.38. The van der Waals surface area contributed by atoms with Crippen molar-refractivity contribution in [1.29, 1.82) is 0 Å². The SMILES string of the molecule is CCC(CC)C(Br)CNC(=O)C1CCOCC1. The Labute approximate surface area is 113 Å². The lowest BCUT2D eigenvalue weighted by atomic mass is 9.97. The van der Waals surface area contributed by atoms with Crippen LogP contribution in [0.4, 0.5) is 0 Å². The van der Waals surface area contributed by atoms with Gasteiger partial charge in [0.15, 0.2) is 0 Å². The van der Waals surface area contributed by atoms with Crippen molar-refractivity contribution in [3.05, 3.63) is 0 Å². The summed E-state index contributed by atoms with van der Waals surface area (Å²) in [6.07, 6.45) is 4.03. The van der Waals surface area contributed by atoms with Crippen LogP contribution in [0.3, 0.4) is 0 Å². The number of carbonyl (C=O) groups is 1. The highest BCUT2D eigenvalue weighted by Gasteiger charge is 2.23. The van der Waals surface area contributed by atoms with Crippen LogP contribution in [0.2, 0.25) is 0 Å². The van der Waals surface area contributed by atoms with Crippen molar-refractivity contribution in [2.24, 2.45) is 11.8 Å². The van der Waals surface area contributed by atoms with Gasteiger partial charge in [-0.25, -0.2) is 0 Å². The van der Waals surface area contributed by atoms with Gasteiger partial charge in [0.25, 0.3) is 0 Å². The van der Waals surface area contributed by atoms with E-state index in [1.807, 2.05) is 0 Å². The summed E-state index contributed by atoms with van der Waals surface area (Å²) in [6, 6.07) is 0. The van der Waals surface area contributed by atoms with Crippen LogP contribution in [0.15, 0.2) is 0 Å². The summed E-state index contributed by atoms with van der Waals surface area (Å²) in [4.78, 5) is 12.3. The minimum atomic E-state index is 0.158. The third-order valence-corrected chi connectivity index (χ3v) is 4.70. The molecule has 1 atom stereocenters. The Bertz CT molecular complexity index is 225. The summed E-state index contributed by atoms with van der Waals surface area (Å²) in [5, 5.41) is 3.06. The third kappa shape index (κ3) is 4.96. The van der Waals surface area contributed by atoms with Gasteiger partial charge in [0, 0.05) is 30.5 Å². The van der Waals surface area contributed by atoms with E-state index in [2.05, 4.69) is 35.1 Å². The molecule has 100 valence electrons. The topological polar surface area (TPSA) is 38.3 Å². The molecule has 0 aromatic carbocycles. The lowest BCUT2D eigenvalue weighted by Gasteiger charge is -2.24. The van der Waals surface area contributed by atoms with E-state index in [0.29, 0.717) is 10.7 Å². The summed E-state index contributed by atoms with van der Waals surface area (Å²) in [5.74, 6) is 0.999. The highest BCUT2D eigenvalue weighted by molar-refractivity contribution is 9.09. The first-order valence-corrected chi connectivity index (χ1v) is 7.60. The van der Waals surface area contributed by atoms with Gasteiger partial charge in [-0.05, 0) is 18.8 Å². The molecule has 1 fully saturated rings. The van der Waals surface area contributed by atoms with Crippen molar-refractivity contribution < 1.29 is 9.53 Å². The lowest BCUT2D eigenvalue weighted by Crippen LogP contribution is -2.38. The number of hydrogen-bond donors (Lipinski definition) is 1. The van der Waals surface area contributed by atoms with E-state index >= 15 is 0 Å². The molecule has 0 saturated carbocycles. The van der Waals surface area contributed by atoms with Gasteiger partial charge in [0.2, 0.25) is 5.91 Å². The third-order valence-electron chi connectivity index (χ3n) is 3.62. The van der Waals surface area contributed by atoms with E-state index in [4.69, 9.17) is 4.74 Å². The smallest absolute Gasteiger partial charge is 0.223 e. The van der Waals surface area contributed by atoms with Crippen LogP contribution >= 0.6 is 15.9 Å². The molecule has 1 N–H and O–H groups in total. The highest BCUT2D eigenvalue weighted by Crippen LogP contribution is 2.20. The molecule has 1 unspecified atom stereocenters. The van der Waals surface area contributed by atoms with Gasteiger partial charge in [0.1, 0.15) is 0 Å². The predicted octanol–water partition coefficient (Wildman–Crippen LogP) is 2.73. The van der Waals surface area contributed by atoms with E-state index in [-0.39, 0.29) is 11.8 Å². The molecule has 1 aliphatic rings. The summed E-state index contributed by atoms with van der Waals surface area (Å²) >= 11 is 3.68. The Hall–Kier alpha value is -0.0900. The maximum absolute atomic E-state index is 11.9. The lowest BCUT2D eigenvalue weighted by molar-refractivity contribution is -0.127. The molecule has 0 aliphatic carbocycles. The molecule has 0 spiro atoms. The number of nitrogens with one attached hydrogen (secondary N) is 1. The Morgan fingerprint density at radius 1 is 1.35 bits per heavy atom. The Morgan fingerprint density at radius 3 is 2.47 bits per heavy atom. The maximum Gasteiger partial charge on any atom is 0.223 e. The summed E-state index contributed by atoms with van der Waals surface area (Å²) in [7, 11) is 0. The number of alkyl halides is 1. The van der Waals surface area contributed by atoms with Crippen LogP contribution in [0.5, 0.6) is 0 Å². The summed E-state index contributed by atoms with van der Waals surface area (Å²) in [6.45, 7) is 6.58. The zero-order chi connectivity index (χ0) is 12.7. The Morgan fingerprint density at radius 2 is 1.94 bits per heavy atom. The molecule has 1 saturated heterocycles. The van der Waals surface area contributed by atoms with Crippen molar-refractivity contribution in [2.75, 3.05) is 19.8 Å². The quantitative estimate of drug-likeness (QED) is 0.766. The normalized spacial score (nSPS) is 19.3. The number of ether oxygens (including phenoxy) is 1. The maximum atomic E-state index is 11.9. The molecule has 1 aliphatic heterocycles. The first-order valence-electron chi connectivity index (χ1n) is 6.68. The van der Waals surface area contributed by atoms with Crippen molar-refractivity contribution in [3.8, 4) is 0 Å². The molecule has 1 heterocycles. The second-order valence-corrected chi connectivity index (χ2v) is 5.90. The van der Waals surface area contributed by atoms with Crippen LogP contribution in [0, 0.1) is 11.8 Å². The molecular formula is C13H24BrNO2. The Kier molecular flexibility index (Phi) is 7.12. The number of rotatable bonds is 6. The highest BCUT2D eigenvalue weighted by atomic mass is 79.9. The van der Waals surface area contributed by atoms with Crippen LogP contribution in [-0.4, -0.2) is 30.5 Å². The standard InChI is InChI=1S/C13H24BrNO2/c1-3-10(4-2)12(14)9-15-13(16)11-5-7-17-8-6-11/h10-12H,3-9H2,1-2H3,(H,15,16). The number of hydrogen-bond acceptors (Lipinski definition) is 2. The van der Waals surface area contributed by atoms with Gasteiger partial charge in [0.05, 0.1) is 0 Å². The van der Waals surface area contributed by atoms with Gasteiger partial charge in [-0.15, -0.1) is 0 Å². The molecule has 17 heavy (non-hydrogen) atoms. The minimum absolute atomic E-state index is 0.158. The number of amides is 1. The minimum Gasteiger partial charge on any atom is -0.381 e. The largest absolute Gasteiger partial charge is 0.381 e. The van der Waals surface area contributed by atoms with Gasteiger partial charge in [-0.3, -0.25) is 4.79 Å². The fraction of sp³-hybridized carbons (Fsp3) is 0.923. The van der Waals surface area contributed by atoms with E-state index in [9.17, 15) is 4.79 Å². The van der Waals surface area contributed by atoms with Crippen molar-refractivity contribution >= 4 is 21.8 Å². The second-order valence-electron chi connectivity index (χ2n) is 4.72. The van der Waals surface area contributed by atoms with Crippen molar-refractivity contribution in [3.63, 3.8) is 0 Å². The molecule has 3 nitrogen and oxygen atoms in total. The zero-order valence-electron chi connectivity index (χ0n) is 10.9. The van der Waals surface area contributed by atoms with Crippen LogP contribution < -0.4 is 5.32 Å². The molecular weight excluding hydrogens is 282 g/mol. The number of halogens is 1. The number of carbonyl (C=O) groups excluding carboxylic acids is 1. The fourth-order valence-corrected chi connectivity index (χ4v) is 3.18. The molecule has 1 rings (SSSR count). The fourth-order valence-electron chi connectivity index (χ4n) is 2.27. The zero-order valence-corrected chi connectivity index (χ0v) is 12.5. The molecule has 1 amide bonds. The van der Waals surface area contributed by atoms with Gasteiger partial charge in [-0.1, -0.05) is 42.6 Å². The van der Waals surface area contributed by atoms with Gasteiger partial charge >= 0.3 is 0 Å². The molecule has 0 aromatic heterocycles.